The van der Waals surface area contributed by atoms with Crippen molar-refractivity contribution in [1.29, 1.82) is 0 Å². The van der Waals surface area contributed by atoms with Gasteiger partial charge in [0.15, 0.2) is 0 Å². The molecule has 1 heterocycles. The number of rotatable bonds is 5. The highest BCUT2D eigenvalue weighted by molar-refractivity contribution is 5.58. The summed E-state index contributed by atoms with van der Waals surface area (Å²) in [5.41, 5.74) is 2.29. The van der Waals surface area contributed by atoms with Gasteiger partial charge in [-0.05, 0) is 38.1 Å². The van der Waals surface area contributed by atoms with E-state index in [2.05, 4.69) is 23.6 Å². The number of benzene rings is 1. The van der Waals surface area contributed by atoms with Gasteiger partial charge in [-0.15, -0.1) is 0 Å². The van der Waals surface area contributed by atoms with Crippen molar-refractivity contribution >= 4 is 11.4 Å². The van der Waals surface area contributed by atoms with Crippen LogP contribution in [0.5, 0.6) is 0 Å². The second-order valence-corrected chi connectivity index (χ2v) is 5.34. The number of aryl methyl sites for hydroxylation is 1. The van der Waals surface area contributed by atoms with Crippen LogP contribution in [0.15, 0.2) is 18.2 Å². The molecule has 1 aromatic carbocycles. The molecule has 1 aliphatic heterocycles. The van der Waals surface area contributed by atoms with Crippen LogP contribution in [0, 0.1) is 17.0 Å². The van der Waals surface area contributed by atoms with Crippen LogP contribution in [0.3, 0.4) is 0 Å². The van der Waals surface area contributed by atoms with Crippen molar-refractivity contribution < 1.29 is 4.92 Å². The van der Waals surface area contributed by atoms with Gasteiger partial charge < -0.3 is 4.90 Å². The second kappa shape index (κ2) is 6.22. The normalized spacial score (nSPS) is 18.8. The number of hydrogen-bond donors (Lipinski definition) is 0. The molecule has 1 fully saturated rings. The molecule has 0 N–H and O–H groups in total. The summed E-state index contributed by atoms with van der Waals surface area (Å²) in [6.07, 6.45) is 1.16. The van der Waals surface area contributed by atoms with Gasteiger partial charge in [0.1, 0.15) is 0 Å². The van der Waals surface area contributed by atoms with Gasteiger partial charge in [0.05, 0.1) is 4.92 Å². The molecule has 0 aromatic heterocycles. The van der Waals surface area contributed by atoms with Crippen molar-refractivity contribution in [3.63, 3.8) is 0 Å². The van der Waals surface area contributed by atoms with Crippen LogP contribution in [-0.2, 0) is 0 Å². The van der Waals surface area contributed by atoms with Gasteiger partial charge in [-0.1, -0.05) is 13.8 Å². The van der Waals surface area contributed by atoms with E-state index in [-0.39, 0.29) is 10.6 Å². The third-order valence-corrected chi connectivity index (χ3v) is 4.22. The van der Waals surface area contributed by atoms with E-state index in [9.17, 15) is 10.1 Å². The second-order valence-electron chi connectivity index (χ2n) is 5.34. The summed E-state index contributed by atoms with van der Waals surface area (Å²) in [7, 11) is 0. The lowest BCUT2D eigenvalue weighted by Gasteiger charge is -2.27. The molecule has 0 radical (unpaired) electrons. The molecule has 0 bridgehead atoms. The monoisotopic (exact) mass is 277 g/mol. The van der Waals surface area contributed by atoms with Crippen LogP contribution in [-0.4, -0.2) is 42.0 Å². The van der Waals surface area contributed by atoms with E-state index < -0.39 is 0 Å². The molecular weight excluding hydrogens is 254 g/mol. The zero-order valence-corrected chi connectivity index (χ0v) is 12.5. The zero-order valence-electron chi connectivity index (χ0n) is 12.5. The van der Waals surface area contributed by atoms with E-state index in [1.54, 1.807) is 12.1 Å². The Morgan fingerprint density at radius 2 is 2.10 bits per heavy atom. The first-order chi connectivity index (χ1) is 9.56. The number of likely N-dealkylation sites (N-methyl/N-ethyl adjacent to an activating group) is 1. The van der Waals surface area contributed by atoms with Crippen LogP contribution < -0.4 is 4.90 Å². The summed E-state index contributed by atoms with van der Waals surface area (Å²) in [6.45, 7) is 10.5. The summed E-state index contributed by atoms with van der Waals surface area (Å²) in [5.74, 6) is 0. The number of nitro groups is 1. The van der Waals surface area contributed by atoms with Crippen molar-refractivity contribution in [1.82, 2.24) is 4.90 Å². The van der Waals surface area contributed by atoms with Crippen molar-refractivity contribution in [2.24, 2.45) is 0 Å². The average Bonchev–Trinajstić information content (AvgIpc) is 2.89. The van der Waals surface area contributed by atoms with Gasteiger partial charge in [-0.25, -0.2) is 0 Å². The van der Waals surface area contributed by atoms with E-state index in [1.807, 2.05) is 13.0 Å². The van der Waals surface area contributed by atoms with Gasteiger partial charge in [0.2, 0.25) is 0 Å². The number of hydrogen-bond acceptors (Lipinski definition) is 4. The van der Waals surface area contributed by atoms with Gasteiger partial charge >= 0.3 is 0 Å². The lowest BCUT2D eigenvalue weighted by molar-refractivity contribution is -0.384. The molecule has 20 heavy (non-hydrogen) atoms. The maximum Gasteiger partial charge on any atom is 0.269 e. The third-order valence-electron chi connectivity index (χ3n) is 4.22. The minimum Gasteiger partial charge on any atom is -0.370 e. The fourth-order valence-corrected chi connectivity index (χ4v) is 3.11. The fraction of sp³-hybridized carbons (Fsp3) is 0.600. The Bertz CT molecular complexity index is 486. The van der Waals surface area contributed by atoms with Crippen molar-refractivity contribution in [3.05, 3.63) is 33.9 Å². The minimum atomic E-state index is -0.334. The lowest BCUT2D eigenvalue weighted by Crippen LogP contribution is -2.37. The van der Waals surface area contributed by atoms with Crippen LogP contribution in [0.4, 0.5) is 11.4 Å². The number of anilines is 1. The predicted octanol–water partition coefficient (Wildman–Crippen LogP) is 2.82. The SMILES string of the molecule is CCN(CC)C1CCN(c2ccc([N+](=O)[O-])cc2C)C1. The lowest BCUT2D eigenvalue weighted by atomic mass is 10.1. The van der Waals surface area contributed by atoms with E-state index in [1.165, 1.54) is 0 Å². The van der Waals surface area contributed by atoms with Crippen LogP contribution in [0.25, 0.3) is 0 Å². The highest BCUT2D eigenvalue weighted by atomic mass is 16.6. The fourth-order valence-electron chi connectivity index (χ4n) is 3.11. The molecule has 5 nitrogen and oxygen atoms in total. The Kier molecular flexibility index (Phi) is 4.60. The van der Waals surface area contributed by atoms with Crippen LogP contribution in [0.1, 0.15) is 25.8 Å². The average molecular weight is 277 g/mol. The molecular formula is C15H23N3O2. The first-order valence-corrected chi connectivity index (χ1v) is 7.30. The van der Waals surface area contributed by atoms with E-state index in [4.69, 9.17) is 0 Å². The first-order valence-electron chi connectivity index (χ1n) is 7.30. The molecule has 2 rings (SSSR count). The van der Waals surface area contributed by atoms with E-state index in [0.717, 1.165) is 43.9 Å². The Hall–Kier alpha value is -1.62. The molecule has 110 valence electrons. The molecule has 0 aliphatic carbocycles. The molecule has 1 atom stereocenters. The van der Waals surface area contributed by atoms with Crippen molar-refractivity contribution in [3.8, 4) is 0 Å². The van der Waals surface area contributed by atoms with Gasteiger partial charge in [-0.3, -0.25) is 15.0 Å². The largest absolute Gasteiger partial charge is 0.370 e. The summed E-state index contributed by atoms with van der Waals surface area (Å²) in [6, 6.07) is 5.75. The van der Waals surface area contributed by atoms with Crippen LogP contribution >= 0.6 is 0 Å². The van der Waals surface area contributed by atoms with Crippen LogP contribution in [0.2, 0.25) is 0 Å². The van der Waals surface area contributed by atoms with Gasteiger partial charge in [-0.2, -0.15) is 0 Å². The van der Waals surface area contributed by atoms with Gasteiger partial charge in [0, 0.05) is 37.0 Å². The molecule has 1 aliphatic rings. The number of non-ortho nitro benzene ring substituents is 1. The molecule has 5 heteroatoms. The first kappa shape index (κ1) is 14.8. The topological polar surface area (TPSA) is 49.6 Å². The highest BCUT2D eigenvalue weighted by Gasteiger charge is 2.27. The highest BCUT2D eigenvalue weighted by Crippen LogP contribution is 2.28. The molecule has 0 spiro atoms. The Labute approximate surface area is 120 Å². The number of nitro benzene ring substituents is 1. The predicted molar refractivity (Wildman–Crippen MR) is 81.4 cm³/mol. The number of nitrogens with zero attached hydrogens (tertiary/aromatic N) is 3. The summed E-state index contributed by atoms with van der Waals surface area (Å²) < 4.78 is 0. The Morgan fingerprint density at radius 3 is 2.65 bits per heavy atom. The summed E-state index contributed by atoms with van der Waals surface area (Å²) in [5, 5.41) is 10.8. The standard InChI is InChI=1S/C15H23N3O2/c1-4-16(5-2)14-8-9-17(11-14)15-7-6-13(18(19)20)10-12(15)3/h6-7,10,14H,4-5,8-9,11H2,1-3H3. The van der Waals surface area contributed by atoms with Crippen molar-refractivity contribution in [2.45, 2.75) is 33.2 Å². The maximum absolute atomic E-state index is 10.8. The van der Waals surface area contributed by atoms with E-state index in [0.29, 0.717) is 6.04 Å². The molecule has 1 saturated heterocycles. The summed E-state index contributed by atoms with van der Waals surface area (Å²) >= 11 is 0. The molecule has 0 amide bonds. The Balaban J connectivity index is 2.12. The quantitative estimate of drug-likeness (QED) is 0.613. The smallest absolute Gasteiger partial charge is 0.269 e. The summed E-state index contributed by atoms with van der Waals surface area (Å²) in [4.78, 5) is 15.3. The minimum absolute atomic E-state index is 0.172. The zero-order chi connectivity index (χ0) is 14.7. The van der Waals surface area contributed by atoms with Crippen molar-refractivity contribution in [2.75, 3.05) is 31.1 Å². The molecule has 0 saturated carbocycles. The molecule has 1 unspecified atom stereocenters. The van der Waals surface area contributed by atoms with E-state index >= 15 is 0 Å². The maximum atomic E-state index is 10.8. The third kappa shape index (κ3) is 2.93. The van der Waals surface area contributed by atoms with Gasteiger partial charge in [0.25, 0.3) is 5.69 Å². The molecule has 1 aromatic rings. The Morgan fingerprint density at radius 1 is 1.40 bits per heavy atom.